The fraction of sp³-hybridized carbons (Fsp3) is 0.667. The van der Waals surface area contributed by atoms with Crippen LogP contribution in [0.3, 0.4) is 0 Å². The van der Waals surface area contributed by atoms with Gasteiger partial charge in [0.1, 0.15) is 5.82 Å². The van der Waals surface area contributed by atoms with Crippen molar-refractivity contribution < 1.29 is 17.9 Å². The fourth-order valence-corrected chi connectivity index (χ4v) is 5.84. The predicted octanol–water partition coefficient (Wildman–Crippen LogP) is 5.21. The van der Waals surface area contributed by atoms with E-state index in [0.29, 0.717) is 28.8 Å². The van der Waals surface area contributed by atoms with Gasteiger partial charge >= 0.3 is 6.18 Å². The first-order valence-electron chi connectivity index (χ1n) is 11.6. The summed E-state index contributed by atoms with van der Waals surface area (Å²) in [6, 6.07) is 2.24. The molecule has 2 aliphatic carbocycles. The van der Waals surface area contributed by atoms with Gasteiger partial charge in [-0.15, -0.1) is 0 Å². The highest BCUT2D eigenvalue weighted by Crippen LogP contribution is 2.62. The number of morpholine rings is 1. The Kier molecular flexibility index (Phi) is 5.36. The molecule has 0 N–H and O–H groups in total. The Labute approximate surface area is 187 Å². The van der Waals surface area contributed by atoms with Gasteiger partial charge in [-0.25, -0.2) is 4.98 Å². The number of aryl methyl sites for hydroxylation is 1. The lowest BCUT2D eigenvalue weighted by Crippen LogP contribution is -2.58. The number of hydrogen-bond acceptors (Lipinski definition) is 4. The zero-order chi connectivity index (χ0) is 22.7. The van der Waals surface area contributed by atoms with Crippen LogP contribution in [0.1, 0.15) is 68.6 Å². The molecule has 2 aromatic rings. The molecular weight excluding hydrogens is 417 g/mol. The van der Waals surface area contributed by atoms with E-state index >= 15 is 0 Å². The molecule has 0 bridgehead atoms. The Morgan fingerprint density at radius 1 is 1.09 bits per heavy atom. The zero-order valence-electron chi connectivity index (χ0n) is 19.0. The van der Waals surface area contributed by atoms with Crippen LogP contribution < -0.4 is 0 Å². The Morgan fingerprint density at radius 2 is 1.75 bits per heavy atom. The van der Waals surface area contributed by atoms with Crippen LogP contribution in [-0.4, -0.2) is 51.8 Å². The first kappa shape index (κ1) is 21.9. The summed E-state index contributed by atoms with van der Waals surface area (Å²) in [5.41, 5.74) is 0.731. The molecule has 8 heteroatoms. The van der Waals surface area contributed by atoms with Crippen molar-refractivity contribution in [2.24, 2.45) is 5.41 Å². The van der Waals surface area contributed by atoms with E-state index in [1.807, 2.05) is 6.20 Å². The smallest absolute Gasteiger partial charge is 0.379 e. The third kappa shape index (κ3) is 3.85. The van der Waals surface area contributed by atoms with Gasteiger partial charge in [0.15, 0.2) is 0 Å². The number of hydrogen-bond donors (Lipinski definition) is 0. The molecule has 0 radical (unpaired) electrons. The molecule has 32 heavy (non-hydrogen) atoms. The minimum atomic E-state index is -4.42. The molecule has 3 aliphatic rings. The first-order valence-corrected chi connectivity index (χ1v) is 11.6. The van der Waals surface area contributed by atoms with Gasteiger partial charge in [0.05, 0.1) is 24.5 Å². The van der Waals surface area contributed by atoms with Crippen LogP contribution in [0, 0.1) is 12.3 Å². The number of imidazole rings is 1. The van der Waals surface area contributed by atoms with E-state index < -0.39 is 11.7 Å². The number of aromatic nitrogens is 3. The molecule has 3 heterocycles. The summed E-state index contributed by atoms with van der Waals surface area (Å²) in [4.78, 5) is 11.3. The molecule has 2 saturated carbocycles. The molecule has 1 spiro atoms. The monoisotopic (exact) mass is 448 g/mol. The molecule has 1 aliphatic heterocycles. The molecular formula is C24H31F3N4O. The second-order valence-electron chi connectivity index (χ2n) is 10.2. The minimum absolute atomic E-state index is 0.00879. The standard InChI is InChI=1S/C24H31F3N4O/c1-15(2)22-29-21(17-8-20(24(25,26)27)16(3)28-13-17)14-31(22)19-11-23(12-19)9-18(10-23)30-4-6-32-7-5-30/h8,13-15,18-19H,4-7,9-12H2,1-3H3. The average Bonchev–Trinajstić information content (AvgIpc) is 3.11. The third-order valence-corrected chi connectivity index (χ3v) is 7.60. The highest BCUT2D eigenvalue weighted by atomic mass is 19.4. The molecule has 2 aromatic heterocycles. The number of nitrogens with zero attached hydrogens (tertiary/aromatic N) is 4. The van der Waals surface area contributed by atoms with Crippen molar-refractivity contribution in [2.75, 3.05) is 26.3 Å². The van der Waals surface area contributed by atoms with Crippen molar-refractivity contribution in [1.82, 2.24) is 19.4 Å². The summed E-state index contributed by atoms with van der Waals surface area (Å²) in [6.45, 7) is 9.32. The van der Waals surface area contributed by atoms with Crippen LogP contribution in [0.15, 0.2) is 18.5 Å². The van der Waals surface area contributed by atoms with E-state index in [0.717, 1.165) is 45.0 Å². The SMILES string of the molecule is Cc1ncc(-c2cn(C3CC4(CC(N5CCOCC5)C4)C3)c(C(C)C)n2)cc1C(F)(F)F. The summed E-state index contributed by atoms with van der Waals surface area (Å²) in [5.74, 6) is 1.14. The van der Waals surface area contributed by atoms with Crippen LogP contribution in [0.2, 0.25) is 0 Å². The maximum absolute atomic E-state index is 13.4. The molecule has 174 valence electrons. The lowest BCUT2D eigenvalue weighted by Gasteiger charge is -2.60. The maximum atomic E-state index is 13.4. The van der Waals surface area contributed by atoms with E-state index in [-0.39, 0.29) is 11.6 Å². The van der Waals surface area contributed by atoms with E-state index in [4.69, 9.17) is 9.72 Å². The van der Waals surface area contributed by atoms with E-state index in [1.54, 1.807) is 0 Å². The third-order valence-electron chi connectivity index (χ3n) is 7.60. The number of rotatable bonds is 4. The summed E-state index contributed by atoms with van der Waals surface area (Å²) < 4.78 is 47.8. The van der Waals surface area contributed by atoms with Crippen molar-refractivity contribution in [3.05, 3.63) is 35.5 Å². The van der Waals surface area contributed by atoms with Gasteiger partial charge < -0.3 is 9.30 Å². The summed E-state index contributed by atoms with van der Waals surface area (Å²) in [7, 11) is 0. The molecule has 0 unspecified atom stereocenters. The molecule has 0 amide bonds. The Hall–Kier alpha value is -1.93. The number of halogens is 3. The number of alkyl halides is 3. The lowest BCUT2D eigenvalue weighted by molar-refractivity contribution is -0.138. The van der Waals surface area contributed by atoms with E-state index in [9.17, 15) is 13.2 Å². The van der Waals surface area contributed by atoms with Crippen LogP contribution in [0.5, 0.6) is 0 Å². The normalized spacial score (nSPS) is 28.7. The van der Waals surface area contributed by atoms with Gasteiger partial charge in [-0.2, -0.15) is 13.2 Å². The summed E-state index contributed by atoms with van der Waals surface area (Å²) in [5, 5.41) is 0. The Morgan fingerprint density at radius 3 is 2.38 bits per heavy atom. The molecule has 3 fully saturated rings. The van der Waals surface area contributed by atoms with E-state index in [2.05, 4.69) is 28.3 Å². The maximum Gasteiger partial charge on any atom is 0.418 e. The van der Waals surface area contributed by atoms with Gasteiger partial charge in [-0.1, -0.05) is 13.8 Å². The van der Waals surface area contributed by atoms with Gasteiger partial charge in [0.2, 0.25) is 0 Å². The number of pyridine rings is 1. The molecule has 5 nitrogen and oxygen atoms in total. The molecule has 0 atom stereocenters. The number of ether oxygens (including phenoxy) is 1. The fourth-order valence-electron chi connectivity index (χ4n) is 5.84. The van der Waals surface area contributed by atoms with Crippen molar-refractivity contribution in [3.63, 3.8) is 0 Å². The topological polar surface area (TPSA) is 43.2 Å². The van der Waals surface area contributed by atoms with Gasteiger partial charge in [-0.3, -0.25) is 9.88 Å². The summed E-state index contributed by atoms with van der Waals surface area (Å²) >= 11 is 0. The second kappa shape index (κ2) is 7.83. The lowest BCUT2D eigenvalue weighted by atomic mass is 9.51. The highest BCUT2D eigenvalue weighted by Gasteiger charge is 2.55. The van der Waals surface area contributed by atoms with Crippen LogP contribution in [-0.2, 0) is 10.9 Å². The van der Waals surface area contributed by atoms with Crippen molar-refractivity contribution in [3.8, 4) is 11.3 Å². The predicted molar refractivity (Wildman–Crippen MR) is 115 cm³/mol. The molecule has 1 saturated heterocycles. The van der Waals surface area contributed by atoms with Crippen LogP contribution >= 0.6 is 0 Å². The summed E-state index contributed by atoms with van der Waals surface area (Å²) in [6.07, 6.45) is 3.78. The minimum Gasteiger partial charge on any atom is -0.379 e. The van der Waals surface area contributed by atoms with Gasteiger partial charge in [0.25, 0.3) is 0 Å². The van der Waals surface area contributed by atoms with Crippen molar-refractivity contribution in [1.29, 1.82) is 0 Å². The average molecular weight is 449 g/mol. The quantitative estimate of drug-likeness (QED) is 0.644. The second-order valence-corrected chi connectivity index (χ2v) is 10.2. The van der Waals surface area contributed by atoms with Crippen LogP contribution in [0.4, 0.5) is 13.2 Å². The van der Waals surface area contributed by atoms with Crippen LogP contribution in [0.25, 0.3) is 11.3 Å². The molecule has 5 rings (SSSR count). The molecule has 0 aromatic carbocycles. The largest absolute Gasteiger partial charge is 0.418 e. The Bertz CT molecular complexity index is 980. The van der Waals surface area contributed by atoms with Crippen molar-refractivity contribution in [2.45, 2.75) is 70.6 Å². The Balaban J connectivity index is 1.32. The van der Waals surface area contributed by atoms with Gasteiger partial charge in [-0.05, 0) is 44.1 Å². The van der Waals surface area contributed by atoms with Crippen molar-refractivity contribution >= 4 is 0 Å². The van der Waals surface area contributed by atoms with Gasteiger partial charge in [0, 0.05) is 54.7 Å². The first-order chi connectivity index (χ1) is 15.2. The zero-order valence-corrected chi connectivity index (χ0v) is 19.0. The highest BCUT2D eigenvalue weighted by molar-refractivity contribution is 5.59. The van der Waals surface area contributed by atoms with E-state index in [1.165, 1.54) is 32.0 Å².